The molecule has 2 nitrogen and oxygen atoms in total. The average molecular weight is 278 g/mol. The zero-order chi connectivity index (χ0) is 13.6. The van der Waals surface area contributed by atoms with Gasteiger partial charge in [0.15, 0.2) is 0 Å². The van der Waals surface area contributed by atoms with Crippen LogP contribution in [0.3, 0.4) is 0 Å². The number of nitrogens with zero attached hydrogens (tertiary/aromatic N) is 1. The van der Waals surface area contributed by atoms with Crippen LogP contribution in [-0.2, 0) is 6.42 Å². The lowest BCUT2D eigenvalue weighted by Crippen LogP contribution is -2.31. The van der Waals surface area contributed by atoms with Gasteiger partial charge in [0.05, 0.1) is 0 Å². The van der Waals surface area contributed by atoms with Gasteiger partial charge in [0.2, 0.25) is 0 Å². The Morgan fingerprint density at radius 2 is 2.00 bits per heavy atom. The van der Waals surface area contributed by atoms with Crippen molar-refractivity contribution in [2.24, 2.45) is 11.1 Å². The first-order valence-corrected chi connectivity index (χ1v) is 8.67. The van der Waals surface area contributed by atoms with Gasteiger partial charge in [-0.15, -0.1) is 0 Å². The highest BCUT2D eigenvalue weighted by atomic mass is 32.2. The van der Waals surface area contributed by atoms with Crippen LogP contribution in [0.5, 0.6) is 0 Å². The molecule has 0 spiro atoms. The number of thioether (sulfide) groups is 1. The summed E-state index contributed by atoms with van der Waals surface area (Å²) in [6, 6.07) is 3.31. The molecular formula is C16H26N2S. The maximum Gasteiger partial charge on any atom is 0.0351 e. The molecule has 0 aromatic carbocycles. The quantitative estimate of drug-likeness (QED) is 0.846. The third-order valence-electron chi connectivity index (χ3n) is 4.74. The van der Waals surface area contributed by atoms with E-state index in [1.807, 2.05) is 0 Å². The summed E-state index contributed by atoms with van der Waals surface area (Å²) < 4.78 is 2.63. The fraction of sp³-hybridized carbons (Fsp3) is 0.750. The van der Waals surface area contributed by atoms with E-state index in [-0.39, 0.29) is 6.04 Å². The fourth-order valence-corrected chi connectivity index (χ4v) is 5.00. The molecule has 1 unspecified atom stereocenters. The summed E-state index contributed by atoms with van der Waals surface area (Å²) in [6.07, 6.45) is 4.95. The topological polar surface area (TPSA) is 30.9 Å². The summed E-state index contributed by atoms with van der Waals surface area (Å²) in [4.78, 5) is 0. The minimum atomic E-state index is 0.233. The first-order chi connectivity index (χ1) is 8.98. The normalized spacial score (nSPS) is 27.3. The van der Waals surface area contributed by atoms with Gasteiger partial charge in [0, 0.05) is 23.5 Å². The summed E-state index contributed by atoms with van der Waals surface area (Å²) in [6.45, 7) is 6.98. The van der Waals surface area contributed by atoms with Crippen LogP contribution in [0.4, 0.5) is 0 Å². The molecule has 106 valence electrons. The van der Waals surface area contributed by atoms with E-state index < -0.39 is 0 Å². The molecule has 19 heavy (non-hydrogen) atoms. The van der Waals surface area contributed by atoms with Crippen LogP contribution in [0.15, 0.2) is 6.07 Å². The van der Waals surface area contributed by atoms with Crippen LogP contribution < -0.4 is 5.73 Å². The summed E-state index contributed by atoms with van der Waals surface area (Å²) >= 11 is 2.10. The molecule has 1 atom stereocenters. The minimum Gasteiger partial charge on any atom is -0.345 e. The van der Waals surface area contributed by atoms with E-state index in [4.69, 9.17) is 5.73 Å². The second-order valence-corrected chi connectivity index (χ2v) is 8.28. The predicted molar refractivity (Wildman–Crippen MR) is 83.8 cm³/mol. The highest BCUT2D eigenvalue weighted by molar-refractivity contribution is 7.99. The zero-order valence-corrected chi connectivity index (χ0v) is 13.2. The highest BCUT2D eigenvalue weighted by Gasteiger charge is 2.34. The number of aryl methyl sites for hydroxylation is 1. The number of hydrogen-bond acceptors (Lipinski definition) is 2. The van der Waals surface area contributed by atoms with Crippen molar-refractivity contribution in [1.29, 1.82) is 0 Å². The molecule has 3 rings (SSSR count). The smallest absolute Gasteiger partial charge is 0.0351 e. The van der Waals surface area contributed by atoms with Crippen molar-refractivity contribution in [1.82, 2.24) is 4.57 Å². The first kappa shape index (κ1) is 13.6. The van der Waals surface area contributed by atoms with Gasteiger partial charge in [0.1, 0.15) is 0 Å². The van der Waals surface area contributed by atoms with Crippen LogP contribution in [0.1, 0.15) is 62.1 Å². The van der Waals surface area contributed by atoms with Crippen LogP contribution in [0.2, 0.25) is 0 Å². The van der Waals surface area contributed by atoms with E-state index in [0.717, 1.165) is 6.42 Å². The third kappa shape index (κ3) is 2.47. The second kappa shape index (κ2) is 4.85. The summed E-state index contributed by atoms with van der Waals surface area (Å²) in [7, 11) is 0. The van der Waals surface area contributed by atoms with E-state index in [2.05, 4.69) is 43.2 Å². The Hall–Kier alpha value is -0.410. The fourth-order valence-electron chi connectivity index (χ4n) is 3.92. The van der Waals surface area contributed by atoms with Gasteiger partial charge < -0.3 is 10.3 Å². The molecule has 0 bridgehead atoms. The molecular weight excluding hydrogens is 252 g/mol. The Morgan fingerprint density at radius 1 is 1.32 bits per heavy atom. The van der Waals surface area contributed by atoms with Crippen LogP contribution in [0.25, 0.3) is 0 Å². The SMILES string of the molecule is Cc1cc2c(n1C1CCSCC1)CC(C)(C)CC2N. The van der Waals surface area contributed by atoms with Gasteiger partial charge in [-0.25, -0.2) is 0 Å². The van der Waals surface area contributed by atoms with E-state index in [1.54, 1.807) is 0 Å². The number of hydrogen-bond donors (Lipinski definition) is 1. The van der Waals surface area contributed by atoms with Crippen molar-refractivity contribution >= 4 is 11.8 Å². The summed E-state index contributed by atoms with van der Waals surface area (Å²) in [5.74, 6) is 2.62. The maximum absolute atomic E-state index is 6.42. The van der Waals surface area contributed by atoms with Gasteiger partial charge in [-0.3, -0.25) is 0 Å². The number of rotatable bonds is 1. The van der Waals surface area contributed by atoms with Gasteiger partial charge in [-0.2, -0.15) is 11.8 Å². The number of nitrogens with two attached hydrogens (primary N) is 1. The monoisotopic (exact) mass is 278 g/mol. The average Bonchev–Trinajstić information content (AvgIpc) is 2.65. The van der Waals surface area contributed by atoms with Gasteiger partial charge >= 0.3 is 0 Å². The van der Waals surface area contributed by atoms with Crippen molar-refractivity contribution in [3.8, 4) is 0 Å². The highest BCUT2D eigenvalue weighted by Crippen LogP contribution is 2.43. The van der Waals surface area contributed by atoms with E-state index in [1.165, 1.54) is 47.7 Å². The molecule has 1 aromatic heterocycles. The van der Waals surface area contributed by atoms with Crippen molar-refractivity contribution in [3.05, 3.63) is 23.0 Å². The predicted octanol–water partition coefficient (Wildman–Crippen LogP) is 3.84. The maximum atomic E-state index is 6.42. The van der Waals surface area contributed by atoms with Crippen LogP contribution >= 0.6 is 11.8 Å². The molecule has 1 aromatic rings. The van der Waals surface area contributed by atoms with Crippen molar-refractivity contribution in [2.45, 2.75) is 58.5 Å². The van der Waals surface area contributed by atoms with Gasteiger partial charge in [-0.05, 0) is 61.2 Å². The third-order valence-corrected chi connectivity index (χ3v) is 5.79. The lowest BCUT2D eigenvalue weighted by atomic mass is 9.74. The Labute approximate surface area is 121 Å². The van der Waals surface area contributed by atoms with Crippen LogP contribution in [0, 0.1) is 12.3 Å². The van der Waals surface area contributed by atoms with Crippen LogP contribution in [-0.4, -0.2) is 16.1 Å². The van der Waals surface area contributed by atoms with Crippen molar-refractivity contribution in [3.63, 3.8) is 0 Å². The first-order valence-electron chi connectivity index (χ1n) is 7.52. The molecule has 1 aliphatic heterocycles. The number of fused-ring (bicyclic) bond motifs is 1. The second-order valence-electron chi connectivity index (χ2n) is 7.05. The molecule has 0 amide bonds. The van der Waals surface area contributed by atoms with Crippen molar-refractivity contribution in [2.75, 3.05) is 11.5 Å². The molecule has 1 aliphatic carbocycles. The Kier molecular flexibility index (Phi) is 3.46. The van der Waals surface area contributed by atoms with Gasteiger partial charge in [-0.1, -0.05) is 13.8 Å². The molecule has 2 N–H and O–H groups in total. The summed E-state index contributed by atoms with van der Waals surface area (Å²) in [5, 5.41) is 0. The standard InChI is InChI=1S/C16H26N2S/c1-11-8-13-14(17)9-16(2,3)10-15(13)18(11)12-4-6-19-7-5-12/h8,12,14H,4-7,9-10,17H2,1-3H3. The largest absolute Gasteiger partial charge is 0.345 e. The van der Waals surface area contributed by atoms with Gasteiger partial charge in [0.25, 0.3) is 0 Å². The van der Waals surface area contributed by atoms with E-state index >= 15 is 0 Å². The minimum absolute atomic E-state index is 0.233. The van der Waals surface area contributed by atoms with E-state index in [0.29, 0.717) is 11.5 Å². The van der Waals surface area contributed by atoms with Crippen molar-refractivity contribution < 1.29 is 0 Å². The molecule has 0 radical (unpaired) electrons. The zero-order valence-electron chi connectivity index (χ0n) is 12.4. The Bertz CT molecular complexity index is 469. The Balaban J connectivity index is 2.01. The molecule has 1 fully saturated rings. The molecule has 3 heteroatoms. The lowest BCUT2D eigenvalue weighted by molar-refractivity contribution is 0.269. The molecule has 2 aliphatic rings. The molecule has 1 saturated heterocycles. The number of aromatic nitrogens is 1. The lowest BCUT2D eigenvalue weighted by Gasteiger charge is -2.36. The van der Waals surface area contributed by atoms with E-state index in [9.17, 15) is 0 Å². The molecule has 2 heterocycles. The Morgan fingerprint density at radius 3 is 2.68 bits per heavy atom. The summed E-state index contributed by atoms with van der Waals surface area (Å²) in [5.41, 5.74) is 11.2. The molecule has 0 saturated carbocycles.